The number of carboxylic acids is 1. The fourth-order valence-electron chi connectivity index (χ4n) is 1.07. The molecule has 3 N–H and O–H groups in total. The van der Waals surface area contributed by atoms with Crippen molar-refractivity contribution in [3.8, 4) is 0 Å². The standard InChI is InChI=1S/C10H19NO5/c1-2-3-6-16-10(15)8(7-9(13)14)11-4-5-12/h8,11-12H,2-7H2,1H3,(H,13,14). The topological polar surface area (TPSA) is 95.9 Å². The fraction of sp³-hybridized carbons (Fsp3) is 0.800. The number of carbonyl (C=O) groups is 2. The van der Waals surface area contributed by atoms with Crippen LogP contribution in [0.1, 0.15) is 26.2 Å². The number of hydrogen-bond acceptors (Lipinski definition) is 5. The molecular formula is C10H19NO5. The number of unbranched alkanes of at least 4 members (excludes halogenated alkanes) is 1. The quantitative estimate of drug-likeness (QED) is 0.375. The summed E-state index contributed by atoms with van der Waals surface area (Å²) in [4.78, 5) is 21.9. The van der Waals surface area contributed by atoms with Crippen molar-refractivity contribution in [3.05, 3.63) is 0 Å². The van der Waals surface area contributed by atoms with Gasteiger partial charge in [-0.3, -0.25) is 9.59 Å². The normalized spacial score (nSPS) is 12.1. The van der Waals surface area contributed by atoms with Gasteiger partial charge in [0, 0.05) is 6.54 Å². The zero-order valence-electron chi connectivity index (χ0n) is 9.44. The fourth-order valence-corrected chi connectivity index (χ4v) is 1.07. The third kappa shape index (κ3) is 7.19. The molecule has 94 valence electrons. The Morgan fingerprint density at radius 3 is 2.62 bits per heavy atom. The van der Waals surface area contributed by atoms with Crippen LogP contribution in [0.5, 0.6) is 0 Å². The zero-order chi connectivity index (χ0) is 12.4. The summed E-state index contributed by atoms with van der Waals surface area (Å²) in [5, 5.41) is 19.8. The van der Waals surface area contributed by atoms with Crippen LogP contribution in [0.25, 0.3) is 0 Å². The summed E-state index contributed by atoms with van der Waals surface area (Å²) in [6.07, 6.45) is 1.32. The molecular weight excluding hydrogens is 214 g/mol. The van der Waals surface area contributed by atoms with Gasteiger partial charge in [0.15, 0.2) is 0 Å². The minimum absolute atomic E-state index is 0.154. The smallest absolute Gasteiger partial charge is 0.323 e. The Morgan fingerprint density at radius 1 is 1.44 bits per heavy atom. The lowest BCUT2D eigenvalue weighted by atomic mass is 10.2. The Morgan fingerprint density at radius 2 is 2.12 bits per heavy atom. The average Bonchev–Trinajstić information content (AvgIpc) is 2.23. The highest BCUT2D eigenvalue weighted by atomic mass is 16.5. The summed E-state index contributed by atoms with van der Waals surface area (Å²) in [6, 6.07) is -0.887. The summed E-state index contributed by atoms with van der Waals surface area (Å²) in [6.45, 7) is 2.28. The molecule has 0 saturated heterocycles. The van der Waals surface area contributed by atoms with Crippen LogP contribution in [0, 0.1) is 0 Å². The minimum Gasteiger partial charge on any atom is -0.481 e. The van der Waals surface area contributed by atoms with Crippen LogP contribution in [0.4, 0.5) is 0 Å². The van der Waals surface area contributed by atoms with Gasteiger partial charge in [0.25, 0.3) is 0 Å². The molecule has 0 amide bonds. The van der Waals surface area contributed by atoms with Crippen molar-refractivity contribution in [3.63, 3.8) is 0 Å². The van der Waals surface area contributed by atoms with Crippen LogP contribution in [-0.4, -0.2) is 48.0 Å². The molecule has 0 aliphatic heterocycles. The summed E-state index contributed by atoms with van der Waals surface area (Å²) in [5.74, 6) is -1.66. The summed E-state index contributed by atoms with van der Waals surface area (Å²) < 4.78 is 4.90. The monoisotopic (exact) mass is 233 g/mol. The molecule has 0 aromatic carbocycles. The molecule has 0 radical (unpaired) electrons. The summed E-state index contributed by atoms with van der Waals surface area (Å²) >= 11 is 0. The lowest BCUT2D eigenvalue weighted by Gasteiger charge is -2.15. The van der Waals surface area contributed by atoms with E-state index in [4.69, 9.17) is 14.9 Å². The average molecular weight is 233 g/mol. The number of hydrogen-bond donors (Lipinski definition) is 3. The van der Waals surface area contributed by atoms with E-state index in [1.807, 2.05) is 6.92 Å². The Hall–Kier alpha value is -1.14. The molecule has 6 heteroatoms. The second-order valence-corrected chi connectivity index (χ2v) is 3.35. The van der Waals surface area contributed by atoms with Crippen LogP contribution >= 0.6 is 0 Å². The number of nitrogens with one attached hydrogen (secondary N) is 1. The second-order valence-electron chi connectivity index (χ2n) is 3.35. The van der Waals surface area contributed by atoms with Crippen LogP contribution in [-0.2, 0) is 14.3 Å². The third-order valence-corrected chi connectivity index (χ3v) is 1.91. The van der Waals surface area contributed by atoms with E-state index in [2.05, 4.69) is 5.32 Å². The Labute approximate surface area is 94.6 Å². The van der Waals surface area contributed by atoms with E-state index in [-0.39, 0.29) is 19.6 Å². The molecule has 0 aliphatic rings. The molecule has 0 aromatic heterocycles. The van der Waals surface area contributed by atoms with Gasteiger partial charge in [-0.1, -0.05) is 13.3 Å². The van der Waals surface area contributed by atoms with Gasteiger partial charge in [0.2, 0.25) is 0 Å². The van der Waals surface area contributed by atoms with Crippen molar-refractivity contribution in [2.75, 3.05) is 19.8 Å². The van der Waals surface area contributed by atoms with Crippen LogP contribution in [0.3, 0.4) is 0 Å². The molecule has 1 unspecified atom stereocenters. The van der Waals surface area contributed by atoms with Gasteiger partial charge in [-0.15, -0.1) is 0 Å². The molecule has 0 aromatic rings. The lowest BCUT2D eigenvalue weighted by molar-refractivity contribution is -0.150. The van der Waals surface area contributed by atoms with Crippen molar-refractivity contribution in [2.45, 2.75) is 32.2 Å². The molecule has 0 aliphatic carbocycles. The second kappa shape index (κ2) is 9.11. The predicted octanol–water partition coefficient (Wildman–Crippen LogP) is -0.245. The first-order chi connectivity index (χ1) is 7.61. The highest BCUT2D eigenvalue weighted by Crippen LogP contribution is 1.98. The largest absolute Gasteiger partial charge is 0.481 e. The third-order valence-electron chi connectivity index (χ3n) is 1.91. The lowest BCUT2D eigenvalue weighted by Crippen LogP contribution is -2.41. The van der Waals surface area contributed by atoms with Gasteiger partial charge < -0.3 is 20.3 Å². The minimum atomic E-state index is -1.08. The Balaban J connectivity index is 4.04. The molecule has 0 spiro atoms. The first kappa shape index (κ1) is 14.9. The predicted molar refractivity (Wildman–Crippen MR) is 57.0 cm³/mol. The highest BCUT2D eigenvalue weighted by Gasteiger charge is 2.22. The Bertz CT molecular complexity index is 219. The number of rotatable bonds is 9. The molecule has 16 heavy (non-hydrogen) atoms. The van der Waals surface area contributed by atoms with E-state index in [0.29, 0.717) is 6.61 Å². The van der Waals surface area contributed by atoms with Gasteiger partial charge in [-0.25, -0.2) is 0 Å². The van der Waals surface area contributed by atoms with Crippen molar-refractivity contribution < 1.29 is 24.5 Å². The number of aliphatic hydroxyl groups excluding tert-OH is 1. The van der Waals surface area contributed by atoms with Crippen molar-refractivity contribution in [1.82, 2.24) is 5.32 Å². The number of carbonyl (C=O) groups excluding carboxylic acids is 1. The van der Waals surface area contributed by atoms with Crippen LogP contribution in [0.2, 0.25) is 0 Å². The Kier molecular flexibility index (Phi) is 8.46. The summed E-state index contributed by atoms with van der Waals surface area (Å²) in [5.41, 5.74) is 0. The number of carboxylic acid groups (broad SMARTS) is 1. The molecule has 1 atom stereocenters. The van der Waals surface area contributed by atoms with E-state index < -0.39 is 18.0 Å². The highest BCUT2D eigenvalue weighted by molar-refractivity contribution is 5.81. The first-order valence-electron chi connectivity index (χ1n) is 5.34. The molecule has 0 bridgehead atoms. The number of ether oxygens (including phenoxy) is 1. The van der Waals surface area contributed by atoms with Gasteiger partial charge in [0.05, 0.1) is 19.6 Å². The molecule has 0 fully saturated rings. The number of esters is 1. The molecule has 0 heterocycles. The van der Waals surface area contributed by atoms with E-state index in [9.17, 15) is 9.59 Å². The summed E-state index contributed by atoms with van der Waals surface area (Å²) in [7, 11) is 0. The maximum absolute atomic E-state index is 11.4. The maximum atomic E-state index is 11.4. The molecule has 0 saturated carbocycles. The van der Waals surface area contributed by atoms with E-state index >= 15 is 0 Å². The van der Waals surface area contributed by atoms with Gasteiger partial charge in [0.1, 0.15) is 6.04 Å². The van der Waals surface area contributed by atoms with E-state index in [1.165, 1.54) is 0 Å². The van der Waals surface area contributed by atoms with Crippen molar-refractivity contribution >= 4 is 11.9 Å². The maximum Gasteiger partial charge on any atom is 0.323 e. The number of aliphatic carboxylic acids is 1. The van der Waals surface area contributed by atoms with Crippen molar-refractivity contribution in [1.29, 1.82) is 0 Å². The van der Waals surface area contributed by atoms with Crippen LogP contribution < -0.4 is 5.32 Å². The van der Waals surface area contributed by atoms with Crippen LogP contribution in [0.15, 0.2) is 0 Å². The van der Waals surface area contributed by atoms with Gasteiger partial charge >= 0.3 is 11.9 Å². The first-order valence-corrected chi connectivity index (χ1v) is 5.34. The SMILES string of the molecule is CCCCOC(=O)C(CC(=O)O)NCCO. The van der Waals surface area contributed by atoms with Gasteiger partial charge in [-0.2, -0.15) is 0 Å². The zero-order valence-corrected chi connectivity index (χ0v) is 9.44. The van der Waals surface area contributed by atoms with Crippen molar-refractivity contribution in [2.24, 2.45) is 0 Å². The van der Waals surface area contributed by atoms with Gasteiger partial charge in [-0.05, 0) is 6.42 Å². The number of aliphatic hydroxyl groups is 1. The molecule has 0 rings (SSSR count). The molecule has 6 nitrogen and oxygen atoms in total. The van der Waals surface area contributed by atoms with E-state index in [1.54, 1.807) is 0 Å². The van der Waals surface area contributed by atoms with E-state index in [0.717, 1.165) is 12.8 Å².